The maximum absolute atomic E-state index is 12.1. The fourth-order valence-corrected chi connectivity index (χ4v) is 2.66. The van der Waals surface area contributed by atoms with Crippen molar-refractivity contribution in [3.8, 4) is 0 Å². The number of carbonyl (C=O) groups is 1. The summed E-state index contributed by atoms with van der Waals surface area (Å²) in [5.41, 5.74) is 5.78. The van der Waals surface area contributed by atoms with E-state index in [-0.39, 0.29) is 30.4 Å². The van der Waals surface area contributed by atoms with Crippen LogP contribution < -0.4 is 11.1 Å². The number of hydrogen-bond acceptors (Lipinski definition) is 3. The lowest BCUT2D eigenvalue weighted by Crippen LogP contribution is -2.46. The fraction of sp³-hybridized carbons (Fsp3) is 0.692. The lowest BCUT2D eigenvalue weighted by atomic mass is 9.98. The number of nitrogens with zero attached hydrogens (tertiary/aromatic N) is 2. The van der Waals surface area contributed by atoms with Gasteiger partial charge in [0.15, 0.2) is 0 Å². The number of nitrogens with one attached hydrogen (secondary N) is 1. The van der Waals surface area contributed by atoms with Crippen molar-refractivity contribution < 1.29 is 4.79 Å². The van der Waals surface area contributed by atoms with E-state index in [2.05, 4.69) is 10.4 Å². The molecule has 6 heteroatoms. The van der Waals surface area contributed by atoms with E-state index in [1.807, 2.05) is 13.0 Å². The Morgan fingerprint density at radius 2 is 2.21 bits per heavy atom. The van der Waals surface area contributed by atoms with Crippen LogP contribution in [0.4, 0.5) is 0 Å². The van der Waals surface area contributed by atoms with Gasteiger partial charge in [-0.15, -0.1) is 12.4 Å². The van der Waals surface area contributed by atoms with Gasteiger partial charge in [0.05, 0.1) is 0 Å². The standard InChI is InChI=1S/C13H22N4O.ClH/c1-10(17-8-4-7-15-17)13(18)16-12(9-14)11-5-2-3-6-11;/h4,7-8,10-12H,2-3,5-6,9,14H2,1H3,(H,16,18);1H. The molecule has 3 N–H and O–H groups in total. The Morgan fingerprint density at radius 1 is 1.53 bits per heavy atom. The van der Waals surface area contributed by atoms with Crippen LogP contribution in [0.5, 0.6) is 0 Å². The maximum atomic E-state index is 12.1. The molecule has 1 aliphatic rings. The molecule has 19 heavy (non-hydrogen) atoms. The Hall–Kier alpha value is -1.07. The first kappa shape index (κ1) is 16.0. The average Bonchev–Trinajstić information content (AvgIpc) is 3.06. The Morgan fingerprint density at radius 3 is 2.74 bits per heavy atom. The van der Waals surface area contributed by atoms with Crippen LogP contribution in [-0.2, 0) is 4.79 Å². The van der Waals surface area contributed by atoms with Gasteiger partial charge in [-0.3, -0.25) is 9.48 Å². The fourth-order valence-electron chi connectivity index (χ4n) is 2.66. The maximum Gasteiger partial charge on any atom is 0.244 e. The highest BCUT2D eigenvalue weighted by Gasteiger charge is 2.27. The quantitative estimate of drug-likeness (QED) is 0.861. The van der Waals surface area contributed by atoms with E-state index in [0.717, 1.165) is 0 Å². The molecule has 0 aliphatic heterocycles. The van der Waals surface area contributed by atoms with Crippen LogP contribution in [0, 0.1) is 5.92 Å². The van der Waals surface area contributed by atoms with Crippen LogP contribution in [-0.4, -0.2) is 28.3 Å². The summed E-state index contributed by atoms with van der Waals surface area (Å²) in [6, 6.07) is 1.65. The summed E-state index contributed by atoms with van der Waals surface area (Å²) in [4.78, 5) is 12.1. The number of nitrogens with two attached hydrogens (primary N) is 1. The number of amides is 1. The van der Waals surface area contributed by atoms with E-state index in [0.29, 0.717) is 12.5 Å². The molecule has 2 atom stereocenters. The third-order valence-corrected chi connectivity index (χ3v) is 3.85. The van der Waals surface area contributed by atoms with Crippen molar-refractivity contribution in [2.75, 3.05) is 6.54 Å². The monoisotopic (exact) mass is 286 g/mol. The van der Waals surface area contributed by atoms with Crippen molar-refractivity contribution in [2.24, 2.45) is 11.7 Å². The Labute approximate surface area is 120 Å². The minimum atomic E-state index is -0.282. The Bertz CT molecular complexity index is 376. The SMILES string of the molecule is CC(C(=O)NC(CN)C1CCCC1)n1cccn1.Cl. The van der Waals surface area contributed by atoms with E-state index in [9.17, 15) is 4.79 Å². The highest BCUT2D eigenvalue weighted by Crippen LogP contribution is 2.27. The molecule has 0 spiro atoms. The molecule has 0 aromatic carbocycles. The van der Waals surface area contributed by atoms with E-state index >= 15 is 0 Å². The van der Waals surface area contributed by atoms with Crippen molar-refractivity contribution in [3.05, 3.63) is 18.5 Å². The van der Waals surface area contributed by atoms with E-state index in [4.69, 9.17) is 5.73 Å². The number of halogens is 1. The summed E-state index contributed by atoms with van der Waals surface area (Å²) in [6.45, 7) is 2.37. The van der Waals surface area contributed by atoms with Gasteiger partial charge in [0.2, 0.25) is 5.91 Å². The van der Waals surface area contributed by atoms with Crippen molar-refractivity contribution >= 4 is 18.3 Å². The predicted molar refractivity (Wildman–Crippen MR) is 77.1 cm³/mol. The molecule has 1 fully saturated rings. The van der Waals surface area contributed by atoms with E-state index in [1.165, 1.54) is 25.7 Å². The first-order chi connectivity index (χ1) is 8.72. The second-order valence-electron chi connectivity index (χ2n) is 5.06. The molecule has 108 valence electrons. The highest BCUT2D eigenvalue weighted by molar-refractivity contribution is 5.85. The molecule has 1 aromatic rings. The normalized spacial score (nSPS) is 18.6. The second-order valence-corrected chi connectivity index (χ2v) is 5.06. The third kappa shape index (κ3) is 3.94. The third-order valence-electron chi connectivity index (χ3n) is 3.85. The van der Waals surface area contributed by atoms with Gasteiger partial charge in [0, 0.05) is 25.0 Å². The van der Waals surface area contributed by atoms with Gasteiger partial charge in [0.25, 0.3) is 0 Å². The van der Waals surface area contributed by atoms with Crippen molar-refractivity contribution in [3.63, 3.8) is 0 Å². The van der Waals surface area contributed by atoms with E-state index < -0.39 is 0 Å². The summed E-state index contributed by atoms with van der Waals surface area (Å²) in [5, 5.41) is 7.16. The van der Waals surface area contributed by atoms with Crippen LogP contribution in [0.2, 0.25) is 0 Å². The van der Waals surface area contributed by atoms with Gasteiger partial charge in [0.1, 0.15) is 6.04 Å². The van der Waals surface area contributed by atoms with Crippen molar-refractivity contribution in [2.45, 2.75) is 44.7 Å². The zero-order valence-corrected chi connectivity index (χ0v) is 12.1. The average molecular weight is 287 g/mol. The van der Waals surface area contributed by atoms with Gasteiger partial charge in [-0.1, -0.05) is 12.8 Å². The Balaban J connectivity index is 0.00000180. The first-order valence-corrected chi connectivity index (χ1v) is 6.72. The van der Waals surface area contributed by atoms with Gasteiger partial charge in [-0.05, 0) is 31.7 Å². The number of rotatable bonds is 5. The molecule has 1 heterocycles. The Kier molecular flexibility index (Phi) is 6.31. The molecule has 1 aliphatic carbocycles. The van der Waals surface area contributed by atoms with Crippen LogP contribution in [0.1, 0.15) is 38.6 Å². The summed E-state index contributed by atoms with van der Waals surface area (Å²) < 4.78 is 1.66. The molecule has 2 unspecified atom stereocenters. The summed E-state index contributed by atoms with van der Waals surface area (Å²) >= 11 is 0. The van der Waals surface area contributed by atoms with E-state index in [1.54, 1.807) is 17.1 Å². The van der Waals surface area contributed by atoms with Crippen LogP contribution in [0.3, 0.4) is 0 Å². The minimum absolute atomic E-state index is 0. The topological polar surface area (TPSA) is 72.9 Å². The lowest BCUT2D eigenvalue weighted by Gasteiger charge is -2.25. The minimum Gasteiger partial charge on any atom is -0.350 e. The van der Waals surface area contributed by atoms with Crippen LogP contribution in [0.25, 0.3) is 0 Å². The van der Waals surface area contributed by atoms with Crippen molar-refractivity contribution in [1.82, 2.24) is 15.1 Å². The van der Waals surface area contributed by atoms with Gasteiger partial charge >= 0.3 is 0 Å². The largest absolute Gasteiger partial charge is 0.350 e. The molecule has 5 nitrogen and oxygen atoms in total. The molecule has 1 aromatic heterocycles. The molecule has 0 saturated heterocycles. The van der Waals surface area contributed by atoms with Gasteiger partial charge in [-0.2, -0.15) is 5.10 Å². The van der Waals surface area contributed by atoms with Crippen LogP contribution >= 0.6 is 12.4 Å². The lowest BCUT2D eigenvalue weighted by molar-refractivity contribution is -0.125. The predicted octanol–water partition coefficient (Wildman–Crippen LogP) is 1.50. The summed E-state index contributed by atoms with van der Waals surface area (Å²) in [7, 11) is 0. The van der Waals surface area contributed by atoms with Gasteiger partial charge in [-0.25, -0.2) is 0 Å². The summed E-state index contributed by atoms with van der Waals surface area (Å²) in [5.74, 6) is 0.546. The van der Waals surface area contributed by atoms with Crippen molar-refractivity contribution in [1.29, 1.82) is 0 Å². The second kappa shape index (κ2) is 7.50. The first-order valence-electron chi connectivity index (χ1n) is 6.72. The number of hydrogen-bond donors (Lipinski definition) is 2. The van der Waals surface area contributed by atoms with Gasteiger partial charge < -0.3 is 11.1 Å². The molecular weight excluding hydrogens is 264 g/mol. The molecule has 0 bridgehead atoms. The molecule has 2 rings (SSSR count). The zero-order chi connectivity index (χ0) is 13.0. The zero-order valence-electron chi connectivity index (χ0n) is 11.3. The molecule has 0 radical (unpaired) electrons. The highest BCUT2D eigenvalue weighted by atomic mass is 35.5. The summed E-state index contributed by atoms with van der Waals surface area (Å²) in [6.07, 6.45) is 8.35. The molecule has 1 amide bonds. The molecule has 1 saturated carbocycles. The molecular formula is C13H23ClN4O. The number of aromatic nitrogens is 2. The van der Waals surface area contributed by atoms with Crippen LogP contribution in [0.15, 0.2) is 18.5 Å². The number of carbonyl (C=O) groups excluding carboxylic acids is 1. The smallest absolute Gasteiger partial charge is 0.244 e.